The van der Waals surface area contributed by atoms with Crippen LogP contribution in [0.4, 0.5) is 0 Å². The molecule has 0 atom stereocenters. The van der Waals surface area contributed by atoms with E-state index in [9.17, 15) is 8.42 Å². The van der Waals surface area contributed by atoms with E-state index < -0.39 is 15.6 Å². The zero-order valence-electron chi connectivity index (χ0n) is 13.5. The Hall–Kier alpha value is -1.11. The first kappa shape index (κ1) is 17.9. The Kier molecular flexibility index (Phi) is 5.78. The summed E-state index contributed by atoms with van der Waals surface area (Å²) in [4.78, 5) is 0.246. The summed E-state index contributed by atoms with van der Waals surface area (Å²) < 4.78 is 32.3. The minimum Gasteiger partial charge on any atom is -0.494 e. The van der Waals surface area contributed by atoms with Gasteiger partial charge in [0.25, 0.3) is 0 Å². The van der Waals surface area contributed by atoms with Crippen LogP contribution < -0.4 is 10.5 Å². The predicted octanol–water partition coefficient (Wildman–Crippen LogP) is 2.35. The van der Waals surface area contributed by atoms with Crippen LogP contribution in [-0.2, 0) is 16.6 Å². The van der Waals surface area contributed by atoms with Gasteiger partial charge in [-0.2, -0.15) is 4.31 Å². The van der Waals surface area contributed by atoms with Crippen molar-refractivity contribution in [2.24, 2.45) is 5.73 Å². The van der Waals surface area contributed by atoms with Gasteiger partial charge in [0, 0.05) is 24.7 Å². The Bertz CT molecular complexity index is 583. The molecule has 0 aromatic heterocycles. The highest BCUT2D eigenvalue weighted by atomic mass is 32.2. The zero-order chi connectivity index (χ0) is 16.3. The fourth-order valence-electron chi connectivity index (χ4n) is 1.88. The van der Waals surface area contributed by atoms with E-state index in [1.807, 2.05) is 27.7 Å². The van der Waals surface area contributed by atoms with E-state index in [0.29, 0.717) is 17.9 Å². The van der Waals surface area contributed by atoms with Gasteiger partial charge in [-0.15, -0.1) is 0 Å². The molecule has 0 aliphatic carbocycles. The smallest absolute Gasteiger partial charge is 0.243 e. The van der Waals surface area contributed by atoms with E-state index in [2.05, 4.69) is 0 Å². The van der Waals surface area contributed by atoms with Gasteiger partial charge in [0.05, 0.1) is 11.5 Å². The van der Waals surface area contributed by atoms with Crippen molar-refractivity contribution in [3.8, 4) is 5.75 Å². The summed E-state index contributed by atoms with van der Waals surface area (Å²) in [5, 5.41) is 0. The Morgan fingerprint density at radius 1 is 1.29 bits per heavy atom. The summed E-state index contributed by atoms with van der Waals surface area (Å²) in [7, 11) is -1.94. The van der Waals surface area contributed by atoms with E-state index in [0.717, 1.165) is 6.42 Å². The lowest BCUT2D eigenvalue weighted by molar-refractivity contribution is 0.257. The molecule has 0 saturated heterocycles. The predicted molar refractivity (Wildman–Crippen MR) is 84.8 cm³/mol. The first-order valence-corrected chi connectivity index (χ1v) is 8.59. The molecule has 21 heavy (non-hydrogen) atoms. The van der Waals surface area contributed by atoms with Gasteiger partial charge in [-0.25, -0.2) is 8.42 Å². The quantitative estimate of drug-likeness (QED) is 0.838. The molecule has 5 nitrogen and oxygen atoms in total. The Labute approximate surface area is 128 Å². The maximum atomic E-state index is 12.7. The molecule has 2 N–H and O–H groups in total. The highest BCUT2D eigenvalue weighted by Gasteiger charge is 2.32. The lowest BCUT2D eigenvalue weighted by atomic mass is 10.0. The maximum absolute atomic E-state index is 12.7. The lowest BCUT2D eigenvalue weighted by Gasteiger charge is -2.33. The second kappa shape index (κ2) is 6.77. The van der Waals surface area contributed by atoms with Crippen molar-refractivity contribution in [3.63, 3.8) is 0 Å². The summed E-state index contributed by atoms with van der Waals surface area (Å²) in [5.41, 5.74) is 5.94. The van der Waals surface area contributed by atoms with E-state index in [1.54, 1.807) is 25.2 Å². The van der Waals surface area contributed by atoms with E-state index in [1.165, 1.54) is 4.31 Å². The van der Waals surface area contributed by atoms with E-state index in [4.69, 9.17) is 10.5 Å². The molecule has 1 aromatic carbocycles. The van der Waals surface area contributed by atoms with Crippen molar-refractivity contribution in [1.29, 1.82) is 0 Å². The first-order chi connectivity index (χ1) is 9.70. The molecule has 0 aliphatic heterocycles. The minimum atomic E-state index is -3.55. The summed E-state index contributed by atoms with van der Waals surface area (Å²) in [6.45, 7) is 8.41. The third-order valence-electron chi connectivity index (χ3n) is 3.93. The summed E-state index contributed by atoms with van der Waals surface area (Å²) >= 11 is 0. The molecule has 0 radical (unpaired) electrons. The monoisotopic (exact) mass is 314 g/mol. The number of hydrogen-bond donors (Lipinski definition) is 1. The SMILES string of the molecule is CCOc1ccc(S(=O)(=O)N(C)C(C)(C)CC)cc1CN. The largest absolute Gasteiger partial charge is 0.494 e. The molecule has 120 valence electrons. The second-order valence-electron chi connectivity index (χ2n) is 5.55. The number of sulfonamides is 1. The van der Waals surface area contributed by atoms with Gasteiger partial charge in [-0.1, -0.05) is 6.92 Å². The number of ether oxygens (including phenoxy) is 1. The van der Waals surface area contributed by atoms with Crippen molar-refractivity contribution < 1.29 is 13.2 Å². The first-order valence-electron chi connectivity index (χ1n) is 7.15. The standard InChI is InChI=1S/C15H26N2O3S/c1-6-15(3,4)17(5)21(18,19)13-8-9-14(20-7-2)12(10-13)11-16/h8-10H,6-7,11,16H2,1-5H3. The van der Waals surface area contributed by atoms with Gasteiger partial charge < -0.3 is 10.5 Å². The fraction of sp³-hybridized carbons (Fsp3) is 0.600. The van der Waals surface area contributed by atoms with Crippen molar-refractivity contribution in [1.82, 2.24) is 4.31 Å². The maximum Gasteiger partial charge on any atom is 0.243 e. The minimum absolute atomic E-state index is 0.236. The summed E-state index contributed by atoms with van der Waals surface area (Å²) in [5.74, 6) is 0.636. The van der Waals surface area contributed by atoms with Crippen LogP contribution in [0.3, 0.4) is 0 Å². The summed E-state index contributed by atoms with van der Waals surface area (Å²) in [6, 6.07) is 4.84. The second-order valence-corrected chi connectivity index (χ2v) is 7.51. The Balaban J connectivity index is 3.27. The molecule has 0 aliphatic rings. The van der Waals surface area contributed by atoms with E-state index in [-0.39, 0.29) is 11.4 Å². The fourth-order valence-corrected chi connectivity index (χ4v) is 3.51. The van der Waals surface area contributed by atoms with Crippen LogP contribution in [0.5, 0.6) is 5.75 Å². The molecule has 0 fully saturated rings. The average molecular weight is 314 g/mol. The molecule has 0 heterocycles. The van der Waals surface area contributed by atoms with Gasteiger partial charge >= 0.3 is 0 Å². The lowest BCUT2D eigenvalue weighted by Crippen LogP contribution is -2.44. The van der Waals surface area contributed by atoms with Gasteiger partial charge in [-0.3, -0.25) is 0 Å². The Morgan fingerprint density at radius 3 is 2.38 bits per heavy atom. The van der Waals surface area contributed by atoms with Crippen molar-refractivity contribution in [2.75, 3.05) is 13.7 Å². The number of nitrogens with two attached hydrogens (primary N) is 1. The van der Waals surface area contributed by atoms with Crippen molar-refractivity contribution in [2.45, 2.75) is 51.1 Å². The molecule has 0 saturated carbocycles. The average Bonchev–Trinajstić information content (AvgIpc) is 2.46. The number of rotatable bonds is 7. The van der Waals surface area contributed by atoms with Crippen molar-refractivity contribution in [3.05, 3.63) is 23.8 Å². The van der Waals surface area contributed by atoms with Crippen molar-refractivity contribution >= 4 is 10.0 Å². The van der Waals surface area contributed by atoms with Crippen LogP contribution in [-0.4, -0.2) is 31.9 Å². The third kappa shape index (κ3) is 3.75. The van der Waals surface area contributed by atoms with Gasteiger partial charge in [0.1, 0.15) is 5.75 Å². The molecule has 6 heteroatoms. The molecule has 0 spiro atoms. The van der Waals surface area contributed by atoms with Gasteiger partial charge in [0.2, 0.25) is 10.0 Å². The molecule has 1 aromatic rings. The van der Waals surface area contributed by atoms with Crippen LogP contribution in [0.25, 0.3) is 0 Å². The third-order valence-corrected chi connectivity index (χ3v) is 5.99. The Morgan fingerprint density at radius 2 is 1.90 bits per heavy atom. The molecular formula is C15H26N2O3S. The molecule has 0 amide bonds. The van der Waals surface area contributed by atoms with Gasteiger partial charge in [0.15, 0.2) is 0 Å². The van der Waals surface area contributed by atoms with Crippen LogP contribution >= 0.6 is 0 Å². The summed E-state index contributed by atoms with van der Waals surface area (Å²) in [6.07, 6.45) is 0.726. The van der Waals surface area contributed by atoms with Gasteiger partial charge in [-0.05, 0) is 45.4 Å². The number of nitrogens with zero attached hydrogens (tertiary/aromatic N) is 1. The number of hydrogen-bond acceptors (Lipinski definition) is 4. The molecule has 1 rings (SSSR count). The molecule has 0 bridgehead atoms. The number of benzene rings is 1. The zero-order valence-corrected chi connectivity index (χ0v) is 14.3. The van der Waals surface area contributed by atoms with Crippen LogP contribution in [0.15, 0.2) is 23.1 Å². The molecular weight excluding hydrogens is 288 g/mol. The highest BCUT2D eigenvalue weighted by Crippen LogP contribution is 2.28. The topological polar surface area (TPSA) is 72.6 Å². The van der Waals surface area contributed by atoms with Crippen LogP contribution in [0.1, 0.15) is 39.7 Å². The molecule has 0 unspecified atom stereocenters. The highest BCUT2D eigenvalue weighted by molar-refractivity contribution is 7.89. The van der Waals surface area contributed by atoms with E-state index >= 15 is 0 Å². The normalized spacial score (nSPS) is 12.7. The van der Waals surface area contributed by atoms with Crippen LogP contribution in [0.2, 0.25) is 0 Å². The van der Waals surface area contributed by atoms with Crippen LogP contribution in [0, 0.1) is 0 Å².